The lowest BCUT2D eigenvalue weighted by Gasteiger charge is -2.22. The summed E-state index contributed by atoms with van der Waals surface area (Å²) in [5.74, 6) is -1.56. The normalized spacial score (nSPS) is 14.6. The second-order valence-electron chi connectivity index (χ2n) is 3.62. The van der Waals surface area contributed by atoms with E-state index in [9.17, 15) is 19.7 Å². The van der Waals surface area contributed by atoms with Crippen LogP contribution in [0.25, 0.3) is 0 Å². The Bertz CT molecular complexity index is 534. The number of fused-ring (bicyclic) bond motifs is 1. The van der Waals surface area contributed by atoms with E-state index in [1.54, 1.807) is 0 Å². The van der Waals surface area contributed by atoms with Gasteiger partial charge in [0.1, 0.15) is 0 Å². The van der Waals surface area contributed by atoms with Gasteiger partial charge in [0, 0.05) is 13.6 Å². The minimum absolute atomic E-state index is 0.197. The molecule has 2 heterocycles. The zero-order chi connectivity index (χ0) is 12.7. The average molecular weight is 239 g/mol. The number of likely N-dealkylation sites (N-methyl/N-ethyl adjacent to an activating group) is 1. The first-order chi connectivity index (χ1) is 7.93. The number of rotatable bonds is 2. The van der Waals surface area contributed by atoms with E-state index in [2.05, 4.69) is 5.10 Å². The average Bonchev–Trinajstić information content (AvgIpc) is 2.63. The van der Waals surface area contributed by atoms with Gasteiger partial charge in [-0.2, -0.15) is 5.10 Å². The summed E-state index contributed by atoms with van der Waals surface area (Å²) in [6.07, 6.45) is 0. The van der Waals surface area contributed by atoms with Gasteiger partial charge >= 0.3 is 5.69 Å². The van der Waals surface area contributed by atoms with Crippen molar-refractivity contribution in [3.05, 3.63) is 21.5 Å². The molecule has 0 atom stereocenters. The zero-order valence-electron chi connectivity index (χ0n) is 8.91. The SMILES string of the molecule is CN1CCn2nc(C(N)=O)c([N+](=O)[O-])c2C1=O. The predicted molar refractivity (Wildman–Crippen MR) is 54.4 cm³/mol. The summed E-state index contributed by atoms with van der Waals surface area (Å²) in [6.45, 7) is 0.675. The molecule has 0 saturated carbocycles. The fourth-order valence-electron chi connectivity index (χ4n) is 1.69. The van der Waals surface area contributed by atoms with Crippen LogP contribution in [0.3, 0.4) is 0 Å². The molecule has 0 unspecified atom stereocenters. The molecular formula is C8H9N5O4. The van der Waals surface area contributed by atoms with E-state index >= 15 is 0 Å². The van der Waals surface area contributed by atoms with Crippen LogP contribution in [-0.2, 0) is 6.54 Å². The number of nitro groups is 1. The number of carbonyl (C=O) groups is 2. The van der Waals surface area contributed by atoms with Crippen molar-refractivity contribution in [3.8, 4) is 0 Å². The Morgan fingerprint density at radius 1 is 1.53 bits per heavy atom. The van der Waals surface area contributed by atoms with Gasteiger partial charge < -0.3 is 10.6 Å². The Labute approximate surface area is 94.9 Å². The summed E-state index contributed by atoms with van der Waals surface area (Å²) in [7, 11) is 1.52. The molecule has 1 aromatic rings. The fraction of sp³-hybridized carbons (Fsp3) is 0.375. The summed E-state index contributed by atoms with van der Waals surface area (Å²) >= 11 is 0. The summed E-state index contributed by atoms with van der Waals surface area (Å²) in [5, 5.41) is 14.6. The number of hydrogen-bond acceptors (Lipinski definition) is 5. The number of aromatic nitrogens is 2. The van der Waals surface area contributed by atoms with Gasteiger partial charge in [-0.3, -0.25) is 24.4 Å². The van der Waals surface area contributed by atoms with Crippen molar-refractivity contribution in [3.63, 3.8) is 0 Å². The summed E-state index contributed by atoms with van der Waals surface area (Å²) in [6, 6.07) is 0. The third kappa shape index (κ3) is 1.51. The van der Waals surface area contributed by atoms with Crippen LogP contribution in [0.5, 0.6) is 0 Å². The summed E-state index contributed by atoms with van der Waals surface area (Å²) in [4.78, 5) is 34.2. The van der Waals surface area contributed by atoms with Crippen molar-refractivity contribution in [2.75, 3.05) is 13.6 Å². The highest BCUT2D eigenvalue weighted by Gasteiger charge is 2.38. The van der Waals surface area contributed by atoms with Gasteiger partial charge in [0.15, 0.2) is 0 Å². The Balaban J connectivity index is 2.70. The van der Waals surface area contributed by atoms with Gasteiger partial charge in [-0.25, -0.2) is 0 Å². The highest BCUT2D eigenvalue weighted by molar-refractivity contribution is 6.03. The van der Waals surface area contributed by atoms with Gasteiger partial charge in [-0.1, -0.05) is 0 Å². The number of nitrogens with zero attached hydrogens (tertiary/aromatic N) is 4. The second-order valence-corrected chi connectivity index (χ2v) is 3.62. The molecule has 0 aliphatic carbocycles. The molecule has 0 fully saturated rings. The van der Waals surface area contributed by atoms with Gasteiger partial charge in [0.25, 0.3) is 11.8 Å². The lowest BCUT2D eigenvalue weighted by atomic mass is 10.2. The van der Waals surface area contributed by atoms with Crippen LogP contribution >= 0.6 is 0 Å². The highest BCUT2D eigenvalue weighted by Crippen LogP contribution is 2.26. The molecule has 2 N–H and O–H groups in total. The molecule has 90 valence electrons. The van der Waals surface area contributed by atoms with Crippen molar-refractivity contribution in [2.24, 2.45) is 5.73 Å². The number of hydrogen-bond donors (Lipinski definition) is 1. The summed E-state index contributed by atoms with van der Waals surface area (Å²) < 4.78 is 1.15. The Hall–Kier alpha value is -2.45. The van der Waals surface area contributed by atoms with Crippen molar-refractivity contribution >= 4 is 17.5 Å². The smallest absolute Gasteiger partial charge is 0.333 e. The first-order valence-corrected chi connectivity index (χ1v) is 4.74. The van der Waals surface area contributed by atoms with Crippen LogP contribution in [-0.4, -0.2) is 45.0 Å². The van der Waals surface area contributed by atoms with Gasteiger partial charge in [0.2, 0.25) is 11.4 Å². The molecule has 17 heavy (non-hydrogen) atoms. The van der Waals surface area contributed by atoms with E-state index in [0.29, 0.717) is 13.1 Å². The molecule has 9 nitrogen and oxygen atoms in total. The molecule has 2 rings (SSSR count). The van der Waals surface area contributed by atoms with Crippen molar-refractivity contribution in [1.82, 2.24) is 14.7 Å². The zero-order valence-corrected chi connectivity index (χ0v) is 8.91. The molecular weight excluding hydrogens is 230 g/mol. The molecule has 1 aromatic heterocycles. The monoisotopic (exact) mass is 239 g/mol. The van der Waals surface area contributed by atoms with Crippen molar-refractivity contribution in [1.29, 1.82) is 0 Å². The number of amides is 2. The van der Waals surface area contributed by atoms with Gasteiger partial charge in [0.05, 0.1) is 11.5 Å². The minimum Gasteiger partial charge on any atom is -0.364 e. The number of primary amides is 1. The Morgan fingerprint density at radius 3 is 2.71 bits per heavy atom. The first kappa shape index (κ1) is 11.0. The van der Waals surface area contributed by atoms with E-state index in [0.717, 1.165) is 4.68 Å². The van der Waals surface area contributed by atoms with Crippen LogP contribution in [0.1, 0.15) is 21.0 Å². The van der Waals surface area contributed by atoms with Crippen LogP contribution in [0, 0.1) is 10.1 Å². The third-order valence-electron chi connectivity index (χ3n) is 2.54. The Morgan fingerprint density at radius 2 is 2.18 bits per heavy atom. The van der Waals surface area contributed by atoms with Gasteiger partial charge in [-0.15, -0.1) is 0 Å². The minimum atomic E-state index is -1.02. The lowest BCUT2D eigenvalue weighted by molar-refractivity contribution is -0.385. The number of nitrogens with two attached hydrogens (primary N) is 1. The molecule has 2 amide bonds. The Kier molecular flexibility index (Phi) is 2.30. The third-order valence-corrected chi connectivity index (χ3v) is 2.54. The van der Waals surface area contributed by atoms with E-state index in [-0.39, 0.29) is 5.69 Å². The molecule has 1 aliphatic rings. The van der Waals surface area contributed by atoms with E-state index < -0.39 is 28.1 Å². The van der Waals surface area contributed by atoms with Crippen LogP contribution in [0.4, 0.5) is 5.69 Å². The lowest BCUT2D eigenvalue weighted by Crippen LogP contribution is -2.37. The predicted octanol–water partition coefficient (Wildman–Crippen LogP) is -1.02. The topological polar surface area (TPSA) is 124 Å². The highest BCUT2D eigenvalue weighted by atomic mass is 16.6. The largest absolute Gasteiger partial charge is 0.364 e. The molecule has 0 saturated heterocycles. The van der Waals surface area contributed by atoms with Crippen LogP contribution in [0.2, 0.25) is 0 Å². The van der Waals surface area contributed by atoms with Gasteiger partial charge in [-0.05, 0) is 0 Å². The van der Waals surface area contributed by atoms with E-state index in [1.807, 2.05) is 0 Å². The van der Waals surface area contributed by atoms with Crippen LogP contribution in [0.15, 0.2) is 0 Å². The standard InChI is InChI=1S/C8H9N5O4/c1-11-2-3-12-6(8(11)15)5(13(16)17)4(10-12)7(9)14/h2-3H2,1H3,(H2,9,14). The molecule has 0 aromatic carbocycles. The molecule has 1 aliphatic heterocycles. The quantitative estimate of drug-likeness (QED) is 0.522. The van der Waals surface area contributed by atoms with Crippen LogP contribution < -0.4 is 5.73 Å². The van der Waals surface area contributed by atoms with E-state index in [4.69, 9.17) is 5.73 Å². The maximum Gasteiger partial charge on any atom is 0.333 e. The number of carbonyl (C=O) groups excluding carboxylic acids is 2. The van der Waals surface area contributed by atoms with E-state index in [1.165, 1.54) is 11.9 Å². The molecule has 0 spiro atoms. The second kappa shape index (κ2) is 3.54. The molecule has 0 bridgehead atoms. The maximum absolute atomic E-state index is 11.8. The molecule has 0 radical (unpaired) electrons. The first-order valence-electron chi connectivity index (χ1n) is 4.74. The fourth-order valence-corrected chi connectivity index (χ4v) is 1.69. The maximum atomic E-state index is 11.8. The van der Waals surface area contributed by atoms with Crippen molar-refractivity contribution < 1.29 is 14.5 Å². The van der Waals surface area contributed by atoms with Crippen molar-refractivity contribution in [2.45, 2.75) is 6.54 Å². The molecule has 9 heteroatoms. The summed E-state index contributed by atoms with van der Waals surface area (Å²) in [5.41, 5.74) is 3.71.